The van der Waals surface area contributed by atoms with E-state index >= 15 is 0 Å². The molecule has 0 amide bonds. The molecule has 0 aliphatic carbocycles. The van der Waals surface area contributed by atoms with E-state index in [4.69, 9.17) is 16.3 Å². The molecule has 2 N–H and O–H groups in total. The predicted molar refractivity (Wildman–Crippen MR) is 108 cm³/mol. The molecule has 0 radical (unpaired) electrons. The number of pyridine rings is 1. The van der Waals surface area contributed by atoms with Gasteiger partial charge in [0.15, 0.2) is 5.96 Å². The number of benzene rings is 1. The summed E-state index contributed by atoms with van der Waals surface area (Å²) in [6, 6.07) is 12.0. The van der Waals surface area contributed by atoms with Crippen molar-refractivity contribution in [1.82, 2.24) is 15.6 Å². The Morgan fingerprint density at radius 2 is 1.88 bits per heavy atom. The second kappa shape index (κ2) is 10.0. The molecule has 140 valence electrons. The summed E-state index contributed by atoms with van der Waals surface area (Å²) in [7, 11) is 1.75. The summed E-state index contributed by atoms with van der Waals surface area (Å²) in [5.74, 6) is 2.14. The van der Waals surface area contributed by atoms with Crippen molar-refractivity contribution >= 4 is 17.6 Å². The van der Waals surface area contributed by atoms with Crippen LogP contribution in [-0.2, 0) is 6.54 Å². The van der Waals surface area contributed by atoms with E-state index in [1.165, 1.54) is 0 Å². The number of nitrogens with zero attached hydrogens (tertiary/aromatic N) is 2. The molecule has 1 aromatic heterocycles. The number of nitrogens with one attached hydrogen (secondary N) is 2. The van der Waals surface area contributed by atoms with Gasteiger partial charge in [-0.05, 0) is 42.2 Å². The summed E-state index contributed by atoms with van der Waals surface area (Å²) in [5, 5.41) is 7.16. The zero-order valence-corrected chi connectivity index (χ0v) is 16.5. The molecule has 0 saturated carbocycles. The molecule has 0 bridgehead atoms. The van der Waals surface area contributed by atoms with Crippen molar-refractivity contribution in [2.24, 2.45) is 10.9 Å². The highest BCUT2D eigenvalue weighted by atomic mass is 35.5. The molecule has 26 heavy (non-hydrogen) atoms. The van der Waals surface area contributed by atoms with Crippen molar-refractivity contribution in [2.45, 2.75) is 33.4 Å². The second-order valence-corrected chi connectivity index (χ2v) is 6.94. The fraction of sp³-hybridized carbons (Fsp3) is 0.400. The van der Waals surface area contributed by atoms with Crippen molar-refractivity contribution < 1.29 is 4.74 Å². The van der Waals surface area contributed by atoms with Gasteiger partial charge < -0.3 is 15.4 Å². The lowest BCUT2D eigenvalue weighted by Gasteiger charge is -2.19. The maximum absolute atomic E-state index is 5.81. The summed E-state index contributed by atoms with van der Waals surface area (Å²) in [4.78, 5) is 8.35. The Morgan fingerprint density at radius 3 is 2.46 bits per heavy atom. The number of hydrogen-bond donors (Lipinski definition) is 2. The average molecular weight is 375 g/mol. The average Bonchev–Trinajstić information content (AvgIpc) is 2.65. The fourth-order valence-electron chi connectivity index (χ4n) is 2.30. The Kier molecular flexibility index (Phi) is 7.73. The maximum atomic E-state index is 5.81. The zero-order chi connectivity index (χ0) is 18.9. The van der Waals surface area contributed by atoms with Gasteiger partial charge in [-0.15, -0.1) is 0 Å². The molecule has 1 heterocycles. The van der Waals surface area contributed by atoms with Crippen LogP contribution in [-0.4, -0.2) is 24.6 Å². The lowest BCUT2D eigenvalue weighted by molar-refractivity contribution is 0.271. The van der Waals surface area contributed by atoms with Crippen molar-refractivity contribution in [2.75, 3.05) is 13.7 Å². The summed E-state index contributed by atoms with van der Waals surface area (Å²) in [6.07, 6.45) is 1.75. The summed E-state index contributed by atoms with van der Waals surface area (Å²) in [6.45, 7) is 7.72. The largest absolute Gasteiger partial charge is 0.493 e. The van der Waals surface area contributed by atoms with Crippen LogP contribution in [0.4, 0.5) is 0 Å². The molecule has 0 fully saturated rings. The lowest BCUT2D eigenvalue weighted by atomic mass is 10.1. The highest BCUT2D eigenvalue weighted by Crippen LogP contribution is 2.18. The van der Waals surface area contributed by atoms with E-state index in [-0.39, 0.29) is 6.04 Å². The Hall–Kier alpha value is -2.27. The molecule has 0 saturated heterocycles. The van der Waals surface area contributed by atoms with Gasteiger partial charge in [0.25, 0.3) is 0 Å². The Labute approximate surface area is 160 Å². The molecule has 0 aliphatic heterocycles. The van der Waals surface area contributed by atoms with E-state index in [0.717, 1.165) is 29.4 Å². The van der Waals surface area contributed by atoms with Gasteiger partial charge in [-0.3, -0.25) is 4.99 Å². The quantitative estimate of drug-likeness (QED) is 0.433. The molecule has 1 atom stereocenters. The van der Waals surface area contributed by atoms with E-state index in [1.807, 2.05) is 18.2 Å². The van der Waals surface area contributed by atoms with Crippen molar-refractivity contribution in [3.8, 4) is 5.75 Å². The number of halogens is 1. The number of aliphatic imine (C=N–C) groups is 1. The van der Waals surface area contributed by atoms with Gasteiger partial charge >= 0.3 is 0 Å². The molecule has 1 aromatic carbocycles. The SMILES string of the molecule is CN=C(NCc1ccc(Cl)nc1)NC(C)c1ccc(OCC(C)C)cc1. The van der Waals surface area contributed by atoms with Gasteiger partial charge in [0.2, 0.25) is 0 Å². The van der Waals surface area contributed by atoms with Crippen LogP contribution in [0.5, 0.6) is 5.75 Å². The number of ether oxygens (including phenoxy) is 1. The first-order chi connectivity index (χ1) is 12.5. The summed E-state index contributed by atoms with van der Waals surface area (Å²) >= 11 is 5.81. The van der Waals surface area contributed by atoms with Crippen LogP contribution in [0.1, 0.15) is 37.9 Å². The van der Waals surface area contributed by atoms with Gasteiger partial charge in [-0.25, -0.2) is 4.98 Å². The predicted octanol–water partition coefficient (Wildman–Crippen LogP) is 4.20. The Bertz CT molecular complexity index is 699. The Balaban J connectivity index is 1.87. The van der Waals surface area contributed by atoms with Crippen molar-refractivity contribution in [3.63, 3.8) is 0 Å². The van der Waals surface area contributed by atoms with Gasteiger partial charge in [-0.2, -0.15) is 0 Å². The smallest absolute Gasteiger partial charge is 0.191 e. The first-order valence-electron chi connectivity index (χ1n) is 8.78. The highest BCUT2D eigenvalue weighted by Gasteiger charge is 2.08. The monoisotopic (exact) mass is 374 g/mol. The third-order valence-corrected chi connectivity index (χ3v) is 4.01. The fourth-order valence-corrected chi connectivity index (χ4v) is 2.41. The van der Waals surface area contributed by atoms with E-state index < -0.39 is 0 Å². The van der Waals surface area contributed by atoms with Gasteiger partial charge in [0.1, 0.15) is 10.9 Å². The minimum Gasteiger partial charge on any atom is -0.493 e. The first kappa shape index (κ1) is 20.0. The van der Waals surface area contributed by atoms with Crippen molar-refractivity contribution in [3.05, 3.63) is 58.9 Å². The minimum absolute atomic E-state index is 0.115. The highest BCUT2D eigenvalue weighted by molar-refractivity contribution is 6.29. The van der Waals surface area contributed by atoms with Crippen LogP contribution in [0.15, 0.2) is 47.6 Å². The minimum atomic E-state index is 0.115. The molecular formula is C20H27ClN4O. The molecule has 2 rings (SSSR count). The van der Waals surface area contributed by atoms with E-state index in [1.54, 1.807) is 19.3 Å². The number of rotatable bonds is 7. The molecular weight excluding hydrogens is 348 g/mol. The van der Waals surface area contributed by atoms with Gasteiger partial charge in [-0.1, -0.05) is 43.6 Å². The first-order valence-corrected chi connectivity index (χ1v) is 9.16. The normalized spacial score (nSPS) is 12.8. The van der Waals surface area contributed by atoms with Crippen LogP contribution in [0.2, 0.25) is 5.15 Å². The number of hydrogen-bond acceptors (Lipinski definition) is 3. The molecule has 5 nitrogen and oxygen atoms in total. The van der Waals surface area contributed by atoms with Crippen LogP contribution < -0.4 is 15.4 Å². The summed E-state index contributed by atoms with van der Waals surface area (Å²) in [5.41, 5.74) is 2.20. The zero-order valence-electron chi connectivity index (χ0n) is 15.8. The van der Waals surface area contributed by atoms with E-state index in [0.29, 0.717) is 17.6 Å². The standard InChI is InChI=1S/C20H27ClN4O/c1-14(2)13-26-18-8-6-17(7-9-18)15(3)25-20(22-4)24-12-16-5-10-19(21)23-11-16/h5-11,14-15H,12-13H2,1-4H3,(H2,22,24,25). The molecule has 0 aliphatic rings. The van der Waals surface area contributed by atoms with E-state index in [2.05, 4.69) is 53.5 Å². The van der Waals surface area contributed by atoms with Gasteiger partial charge in [0, 0.05) is 19.8 Å². The molecule has 1 unspecified atom stereocenters. The maximum Gasteiger partial charge on any atom is 0.191 e. The van der Waals surface area contributed by atoms with E-state index in [9.17, 15) is 0 Å². The topological polar surface area (TPSA) is 58.5 Å². The number of aromatic nitrogens is 1. The number of guanidine groups is 1. The molecule has 2 aromatic rings. The third kappa shape index (κ3) is 6.56. The van der Waals surface area contributed by atoms with Crippen molar-refractivity contribution in [1.29, 1.82) is 0 Å². The third-order valence-electron chi connectivity index (χ3n) is 3.79. The van der Waals surface area contributed by atoms with Crippen LogP contribution >= 0.6 is 11.6 Å². The van der Waals surface area contributed by atoms with Crippen LogP contribution in [0.25, 0.3) is 0 Å². The van der Waals surface area contributed by atoms with Crippen LogP contribution in [0, 0.1) is 5.92 Å². The van der Waals surface area contributed by atoms with Crippen LogP contribution in [0.3, 0.4) is 0 Å². The second-order valence-electron chi connectivity index (χ2n) is 6.55. The molecule has 6 heteroatoms. The molecule has 0 spiro atoms. The Morgan fingerprint density at radius 1 is 1.15 bits per heavy atom. The summed E-state index contributed by atoms with van der Waals surface area (Å²) < 4.78 is 5.73. The van der Waals surface area contributed by atoms with Gasteiger partial charge in [0.05, 0.1) is 12.6 Å². The lowest BCUT2D eigenvalue weighted by Crippen LogP contribution is -2.38.